The second-order valence-electron chi connectivity index (χ2n) is 7.00. The number of methoxy groups -OCH3 is 1. The van der Waals surface area contributed by atoms with Crippen molar-refractivity contribution in [3.63, 3.8) is 0 Å². The Kier molecular flexibility index (Phi) is 9.18. The summed E-state index contributed by atoms with van der Waals surface area (Å²) >= 11 is 0. The van der Waals surface area contributed by atoms with E-state index in [0.29, 0.717) is 37.3 Å². The minimum absolute atomic E-state index is 0.0333. The lowest BCUT2D eigenvalue weighted by Crippen LogP contribution is -2.33. The fourth-order valence-corrected chi connectivity index (χ4v) is 3.35. The highest BCUT2D eigenvalue weighted by atomic mass is 16.5. The van der Waals surface area contributed by atoms with E-state index >= 15 is 0 Å². The van der Waals surface area contributed by atoms with Crippen molar-refractivity contribution in [1.82, 2.24) is 4.90 Å². The molecule has 0 bridgehead atoms. The highest BCUT2D eigenvalue weighted by Crippen LogP contribution is 2.28. The third kappa shape index (κ3) is 7.11. The Hall–Kier alpha value is -1.34. The van der Waals surface area contributed by atoms with Crippen LogP contribution in [0.4, 0.5) is 0 Å². The molecule has 0 unspecified atom stereocenters. The molecular weight excluding hydrogens is 334 g/mol. The summed E-state index contributed by atoms with van der Waals surface area (Å²) < 4.78 is 16.7. The Morgan fingerprint density at radius 2 is 1.96 bits per heavy atom. The molecule has 6 nitrogen and oxygen atoms in total. The Morgan fingerprint density at radius 1 is 1.19 bits per heavy atom. The van der Waals surface area contributed by atoms with Crippen molar-refractivity contribution in [2.24, 2.45) is 0 Å². The van der Waals surface area contributed by atoms with Crippen LogP contribution in [-0.4, -0.2) is 67.8 Å². The van der Waals surface area contributed by atoms with E-state index in [-0.39, 0.29) is 13.2 Å². The van der Waals surface area contributed by atoms with Gasteiger partial charge in [0.15, 0.2) is 11.5 Å². The zero-order valence-corrected chi connectivity index (χ0v) is 16.0. The smallest absolute Gasteiger partial charge is 0.161 e. The Balaban J connectivity index is 1.77. The molecule has 1 saturated carbocycles. The van der Waals surface area contributed by atoms with Gasteiger partial charge in [0.1, 0.15) is 6.61 Å². The molecule has 0 spiro atoms. The first-order valence-corrected chi connectivity index (χ1v) is 9.51. The molecule has 26 heavy (non-hydrogen) atoms. The van der Waals surface area contributed by atoms with E-state index in [4.69, 9.17) is 19.3 Å². The van der Waals surface area contributed by atoms with E-state index in [9.17, 15) is 5.11 Å². The van der Waals surface area contributed by atoms with E-state index in [1.165, 1.54) is 19.3 Å². The second-order valence-corrected chi connectivity index (χ2v) is 7.00. The molecule has 0 radical (unpaired) electrons. The van der Waals surface area contributed by atoms with Crippen LogP contribution in [0.25, 0.3) is 0 Å². The van der Waals surface area contributed by atoms with Gasteiger partial charge in [-0.2, -0.15) is 0 Å². The number of hydrogen-bond acceptors (Lipinski definition) is 6. The molecule has 6 heteroatoms. The maximum Gasteiger partial charge on any atom is 0.161 e. The summed E-state index contributed by atoms with van der Waals surface area (Å²) in [6.07, 6.45) is 5.84. The Morgan fingerprint density at radius 3 is 2.65 bits per heavy atom. The van der Waals surface area contributed by atoms with E-state index in [1.54, 1.807) is 7.11 Å². The van der Waals surface area contributed by atoms with Crippen molar-refractivity contribution >= 4 is 0 Å². The van der Waals surface area contributed by atoms with Crippen molar-refractivity contribution in [3.8, 4) is 11.5 Å². The highest BCUT2D eigenvalue weighted by Gasteiger charge is 2.16. The summed E-state index contributed by atoms with van der Waals surface area (Å²) in [5.41, 5.74) is 1.07. The van der Waals surface area contributed by atoms with Crippen molar-refractivity contribution in [2.45, 2.75) is 50.9 Å². The lowest BCUT2D eigenvalue weighted by atomic mass is 9.98. The standard InChI is InChI=1S/C20H33NO5/c1-21(14-17(23)15-26-18-6-4-3-5-7-18)13-16-8-9-19(25-11-10-22)20(12-16)24-2/h8-9,12,17-18,22-23H,3-7,10-11,13-15H2,1-2H3/t17-/m1/s1. The van der Waals surface area contributed by atoms with Crippen molar-refractivity contribution in [2.75, 3.05) is 40.5 Å². The molecule has 148 valence electrons. The first-order chi connectivity index (χ1) is 12.6. The molecule has 1 aliphatic carbocycles. The van der Waals surface area contributed by atoms with Gasteiger partial charge in [-0.1, -0.05) is 25.3 Å². The van der Waals surface area contributed by atoms with Gasteiger partial charge in [-0.15, -0.1) is 0 Å². The molecule has 1 atom stereocenters. The quantitative estimate of drug-likeness (QED) is 0.625. The average molecular weight is 367 g/mol. The second kappa shape index (κ2) is 11.4. The fourth-order valence-electron chi connectivity index (χ4n) is 3.35. The number of benzene rings is 1. The van der Waals surface area contributed by atoms with Gasteiger partial charge < -0.3 is 24.4 Å². The zero-order chi connectivity index (χ0) is 18.8. The van der Waals surface area contributed by atoms with Crippen LogP contribution >= 0.6 is 0 Å². The lowest BCUT2D eigenvalue weighted by molar-refractivity contribution is -0.0319. The van der Waals surface area contributed by atoms with Gasteiger partial charge in [-0.25, -0.2) is 0 Å². The molecule has 0 aliphatic heterocycles. The van der Waals surface area contributed by atoms with Crippen LogP contribution in [-0.2, 0) is 11.3 Å². The number of hydrogen-bond donors (Lipinski definition) is 2. The summed E-state index contributed by atoms with van der Waals surface area (Å²) in [6.45, 7) is 1.85. The number of aliphatic hydroxyl groups excluding tert-OH is 2. The monoisotopic (exact) mass is 367 g/mol. The molecule has 1 aliphatic rings. The molecule has 0 aromatic heterocycles. The van der Waals surface area contributed by atoms with Gasteiger partial charge in [0, 0.05) is 13.1 Å². The maximum atomic E-state index is 10.2. The maximum absolute atomic E-state index is 10.2. The molecule has 0 heterocycles. The number of ether oxygens (including phenoxy) is 3. The third-order valence-electron chi connectivity index (χ3n) is 4.63. The number of likely N-dealkylation sites (N-methyl/N-ethyl adjacent to an activating group) is 1. The van der Waals surface area contributed by atoms with E-state index in [0.717, 1.165) is 18.4 Å². The van der Waals surface area contributed by atoms with Crippen LogP contribution in [0, 0.1) is 0 Å². The minimum atomic E-state index is -0.490. The molecule has 0 amide bonds. The number of aliphatic hydroxyl groups is 2. The number of nitrogens with zero attached hydrogens (tertiary/aromatic N) is 1. The van der Waals surface area contributed by atoms with Crippen molar-refractivity contribution < 1.29 is 24.4 Å². The first-order valence-electron chi connectivity index (χ1n) is 9.51. The summed E-state index contributed by atoms with van der Waals surface area (Å²) in [5.74, 6) is 1.26. The van der Waals surface area contributed by atoms with E-state index in [2.05, 4.69) is 4.90 Å². The van der Waals surface area contributed by atoms with Crippen LogP contribution in [0.1, 0.15) is 37.7 Å². The number of rotatable bonds is 11. The molecular formula is C20H33NO5. The Labute approximate surface area is 156 Å². The SMILES string of the molecule is COc1cc(CN(C)C[C@@H](O)COC2CCCCC2)ccc1OCCO. The molecule has 2 N–H and O–H groups in total. The zero-order valence-electron chi connectivity index (χ0n) is 16.0. The van der Waals surface area contributed by atoms with Gasteiger partial charge in [0.25, 0.3) is 0 Å². The van der Waals surface area contributed by atoms with Gasteiger partial charge >= 0.3 is 0 Å². The van der Waals surface area contributed by atoms with Gasteiger partial charge in [0.05, 0.1) is 32.5 Å². The summed E-state index contributed by atoms with van der Waals surface area (Å²) in [5, 5.41) is 19.1. The van der Waals surface area contributed by atoms with Gasteiger partial charge in [0.2, 0.25) is 0 Å². The van der Waals surface area contributed by atoms with E-state index < -0.39 is 6.10 Å². The molecule has 0 saturated heterocycles. The molecule has 1 aromatic rings. The summed E-state index contributed by atoms with van der Waals surface area (Å²) in [6, 6.07) is 5.74. The lowest BCUT2D eigenvalue weighted by Gasteiger charge is -2.25. The largest absolute Gasteiger partial charge is 0.493 e. The normalized spacial score (nSPS) is 16.7. The predicted molar refractivity (Wildman–Crippen MR) is 101 cm³/mol. The van der Waals surface area contributed by atoms with Crippen LogP contribution in [0.3, 0.4) is 0 Å². The van der Waals surface area contributed by atoms with Crippen LogP contribution in [0.5, 0.6) is 11.5 Å². The van der Waals surface area contributed by atoms with Crippen LogP contribution in [0.15, 0.2) is 18.2 Å². The summed E-state index contributed by atoms with van der Waals surface area (Å²) in [7, 11) is 3.58. The highest BCUT2D eigenvalue weighted by molar-refractivity contribution is 5.42. The fraction of sp³-hybridized carbons (Fsp3) is 0.700. The third-order valence-corrected chi connectivity index (χ3v) is 4.63. The topological polar surface area (TPSA) is 71.4 Å². The minimum Gasteiger partial charge on any atom is -0.493 e. The van der Waals surface area contributed by atoms with Crippen LogP contribution in [0.2, 0.25) is 0 Å². The van der Waals surface area contributed by atoms with E-state index in [1.807, 2.05) is 25.2 Å². The van der Waals surface area contributed by atoms with Crippen molar-refractivity contribution in [3.05, 3.63) is 23.8 Å². The molecule has 1 aromatic carbocycles. The molecule has 2 rings (SSSR count). The van der Waals surface area contributed by atoms with Crippen LogP contribution < -0.4 is 9.47 Å². The van der Waals surface area contributed by atoms with Gasteiger partial charge in [-0.05, 0) is 37.6 Å². The van der Waals surface area contributed by atoms with Gasteiger partial charge in [-0.3, -0.25) is 4.90 Å². The average Bonchev–Trinajstić information content (AvgIpc) is 2.66. The Bertz CT molecular complexity index is 519. The van der Waals surface area contributed by atoms with Crippen molar-refractivity contribution in [1.29, 1.82) is 0 Å². The first kappa shape index (κ1) is 21.0. The predicted octanol–water partition coefficient (Wildman–Crippen LogP) is 2.21. The molecule has 1 fully saturated rings. The summed E-state index contributed by atoms with van der Waals surface area (Å²) in [4.78, 5) is 2.07.